The molecular weight excluding hydrogens is 242 g/mol. The predicted octanol–water partition coefficient (Wildman–Crippen LogP) is 3.38. The van der Waals surface area contributed by atoms with Crippen molar-refractivity contribution in [1.29, 1.82) is 5.26 Å². The van der Waals surface area contributed by atoms with Gasteiger partial charge in [-0.05, 0) is 24.3 Å². The lowest BCUT2D eigenvalue weighted by Crippen LogP contribution is -1.85. The van der Waals surface area contributed by atoms with Crippen LogP contribution in [0, 0.1) is 23.0 Å². The summed E-state index contributed by atoms with van der Waals surface area (Å²) >= 11 is 1.13. The molecule has 1 aromatic carbocycles. The van der Waals surface area contributed by atoms with Crippen LogP contribution in [0.2, 0.25) is 0 Å². The molecule has 84 valence electrons. The average Bonchev–Trinajstić information content (AvgIpc) is 2.34. The Balaban J connectivity index is 2.23. The van der Waals surface area contributed by atoms with Crippen molar-refractivity contribution in [3.8, 4) is 6.07 Å². The maximum atomic E-state index is 13.3. The Hall–Kier alpha value is -1.93. The zero-order valence-electron chi connectivity index (χ0n) is 8.52. The Bertz CT molecular complexity index is 576. The van der Waals surface area contributed by atoms with Gasteiger partial charge in [0.05, 0.1) is 0 Å². The fraction of sp³-hybridized carbons (Fsp3) is 0. The molecule has 17 heavy (non-hydrogen) atoms. The molecule has 0 saturated heterocycles. The summed E-state index contributed by atoms with van der Waals surface area (Å²) in [6, 6.07) is 8.50. The van der Waals surface area contributed by atoms with Gasteiger partial charge in [0.25, 0.3) is 0 Å². The molecule has 1 aromatic heterocycles. The van der Waals surface area contributed by atoms with Crippen LogP contribution in [0.1, 0.15) is 5.69 Å². The third-order valence-electron chi connectivity index (χ3n) is 1.97. The molecule has 0 aliphatic heterocycles. The highest BCUT2D eigenvalue weighted by Crippen LogP contribution is 2.29. The van der Waals surface area contributed by atoms with E-state index < -0.39 is 11.6 Å². The van der Waals surface area contributed by atoms with Crippen LogP contribution in [0.4, 0.5) is 8.78 Å². The van der Waals surface area contributed by atoms with E-state index in [4.69, 9.17) is 5.26 Å². The second-order valence-electron chi connectivity index (χ2n) is 3.17. The number of halogens is 2. The second kappa shape index (κ2) is 4.93. The summed E-state index contributed by atoms with van der Waals surface area (Å²) < 4.78 is 26.0. The highest BCUT2D eigenvalue weighted by atomic mass is 32.2. The zero-order valence-corrected chi connectivity index (χ0v) is 9.34. The van der Waals surface area contributed by atoms with E-state index in [1.54, 1.807) is 12.1 Å². The molecule has 0 unspecified atom stereocenters. The van der Waals surface area contributed by atoms with Gasteiger partial charge in [0.15, 0.2) is 0 Å². The maximum absolute atomic E-state index is 13.3. The molecule has 0 fully saturated rings. The van der Waals surface area contributed by atoms with Crippen LogP contribution >= 0.6 is 11.8 Å². The van der Waals surface area contributed by atoms with Gasteiger partial charge in [-0.15, -0.1) is 0 Å². The van der Waals surface area contributed by atoms with Crippen molar-refractivity contribution >= 4 is 11.8 Å². The van der Waals surface area contributed by atoms with Crippen LogP contribution in [0.5, 0.6) is 0 Å². The summed E-state index contributed by atoms with van der Waals surface area (Å²) in [5.74, 6) is -1.22. The van der Waals surface area contributed by atoms with Crippen molar-refractivity contribution in [1.82, 2.24) is 4.98 Å². The molecule has 0 radical (unpaired) electrons. The molecule has 0 aliphatic carbocycles. The molecule has 0 bridgehead atoms. The molecule has 0 aliphatic rings. The summed E-state index contributed by atoms with van der Waals surface area (Å²) in [5.41, 5.74) is 0.300. The van der Waals surface area contributed by atoms with E-state index in [2.05, 4.69) is 4.98 Å². The van der Waals surface area contributed by atoms with E-state index >= 15 is 0 Å². The lowest BCUT2D eigenvalue weighted by molar-refractivity contribution is 0.565. The van der Waals surface area contributed by atoms with Gasteiger partial charge in [0.1, 0.15) is 23.4 Å². The average molecular weight is 248 g/mol. The molecule has 2 rings (SSSR count). The van der Waals surface area contributed by atoms with Crippen LogP contribution in [-0.2, 0) is 0 Å². The topological polar surface area (TPSA) is 36.7 Å². The number of aromatic nitrogens is 1. The minimum Gasteiger partial charge on any atom is -0.244 e. The van der Waals surface area contributed by atoms with Crippen molar-refractivity contribution in [3.63, 3.8) is 0 Å². The summed E-state index contributed by atoms with van der Waals surface area (Å²) in [5, 5.41) is 8.57. The maximum Gasteiger partial charge on any atom is 0.140 e. The molecule has 0 amide bonds. The fourth-order valence-electron chi connectivity index (χ4n) is 1.19. The van der Waals surface area contributed by atoms with Crippen molar-refractivity contribution in [3.05, 3.63) is 53.9 Å². The van der Waals surface area contributed by atoms with Crippen LogP contribution in [0.3, 0.4) is 0 Å². The summed E-state index contributed by atoms with van der Waals surface area (Å²) in [6.07, 6.45) is 1.48. The quantitative estimate of drug-likeness (QED) is 0.817. The van der Waals surface area contributed by atoms with E-state index in [1.165, 1.54) is 18.3 Å². The van der Waals surface area contributed by atoms with Crippen molar-refractivity contribution in [2.45, 2.75) is 9.79 Å². The minimum atomic E-state index is -0.612. The van der Waals surface area contributed by atoms with Crippen molar-refractivity contribution in [2.75, 3.05) is 0 Å². The molecule has 1 heterocycles. The van der Waals surface area contributed by atoms with Crippen molar-refractivity contribution in [2.24, 2.45) is 0 Å². The Labute approximate surface area is 101 Å². The number of hydrogen-bond acceptors (Lipinski definition) is 3. The van der Waals surface area contributed by atoms with E-state index in [0.717, 1.165) is 17.8 Å². The third kappa shape index (κ3) is 2.80. The standard InChI is InChI=1S/C12H6F2N2S/c13-8-1-4-12(11(14)5-8)17-10-3-2-9(6-15)16-7-10/h1-5,7H. The molecule has 5 heteroatoms. The normalized spacial score (nSPS) is 9.94. The Kier molecular flexibility index (Phi) is 3.35. The van der Waals surface area contributed by atoms with Crippen LogP contribution in [0.15, 0.2) is 46.3 Å². The van der Waals surface area contributed by atoms with Crippen LogP contribution < -0.4 is 0 Å². The first-order valence-corrected chi connectivity index (χ1v) is 5.50. The smallest absolute Gasteiger partial charge is 0.140 e. The van der Waals surface area contributed by atoms with Crippen LogP contribution in [0.25, 0.3) is 0 Å². The number of benzene rings is 1. The Morgan fingerprint density at radius 3 is 2.59 bits per heavy atom. The van der Waals surface area contributed by atoms with Crippen molar-refractivity contribution < 1.29 is 8.78 Å². The first-order valence-electron chi connectivity index (χ1n) is 4.68. The molecule has 0 saturated carbocycles. The Morgan fingerprint density at radius 1 is 1.18 bits per heavy atom. The van der Waals surface area contributed by atoms with Gasteiger partial charge in [0.2, 0.25) is 0 Å². The first kappa shape index (κ1) is 11.6. The van der Waals surface area contributed by atoms with Gasteiger partial charge in [-0.3, -0.25) is 0 Å². The van der Waals surface area contributed by atoms with Gasteiger partial charge in [0, 0.05) is 22.1 Å². The molecule has 0 spiro atoms. The first-order chi connectivity index (χ1) is 8.19. The summed E-state index contributed by atoms with van der Waals surface area (Å²) in [6.45, 7) is 0. The highest BCUT2D eigenvalue weighted by Gasteiger charge is 2.06. The lowest BCUT2D eigenvalue weighted by Gasteiger charge is -2.02. The summed E-state index contributed by atoms with van der Waals surface area (Å²) in [7, 11) is 0. The van der Waals surface area contributed by atoms with Gasteiger partial charge < -0.3 is 0 Å². The summed E-state index contributed by atoms with van der Waals surface area (Å²) in [4.78, 5) is 4.87. The van der Waals surface area contributed by atoms with Gasteiger partial charge in [-0.2, -0.15) is 5.26 Å². The van der Waals surface area contributed by atoms with E-state index in [9.17, 15) is 8.78 Å². The predicted molar refractivity (Wildman–Crippen MR) is 59.4 cm³/mol. The minimum absolute atomic E-state index is 0.300. The SMILES string of the molecule is N#Cc1ccc(Sc2ccc(F)cc2F)cn1. The molecule has 2 nitrogen and oxygen atoms in total. The fourth-order valence-corrected chi connectivity index (χ4v) is 1.98. The number of pyridine rings is 1. The van der Waals surface area contributed by atoms with Crippen LogP contribution in [-0.4, -0.2) is 4.98 Å². The third-order valence-corrected chi connectivity index (χ3v) is 3.00. The Morgan fingerprint density at radius 2 is 2.00 bits per heavy atom. The van der Waals surface area contributed by atoms with Gasteiger partial charge >= 0.3 is 0 Å². The van der Waals surface area contributed by atoms with E-state index in [-0.39, 0.29) is 0 Å². The molecule has 2 aromatic rings. The number of nitriles is 1. The number of hydrogen-bond donors (Lipinski definition) is 0. The molecule has 0 atom stereocenters. The second-order valence-corrected chi connectivity index (χ2v) is 4.28. The highest BCUT2D eigenvalue weighted by molar-refractivity contribution is 7.99. The van der Waals surface area contributed by atoms with Gasteiger partial charge in [-0.1, -0.05) is 11.8 Å². The molecular formula is C12H6F2N2S. The van der Waals surface area contributed by atoms with E-state index in [1.807, 2.05) is 6.07 Å². The lowest BCUT2D eigenvalue weighted by atomic mass is 10.3. The monoisotopic (exact) mass is 248 g/mol. The number of nitrogens with zero attached hydrogens (tertiary/aromatic N) is 2. The largest absolute Gasteiger partial charge is 0.244 e. The molecule has 0 N–H and O–H groups in total. The zero-order chi connectivity index (χ0) is 12.3. The van der Waals surface area contributed by atoms with Gasteiger partial charge in [-0.25, -0.2) is 13.8 Å². The number of rotatable bonds is 2. The van der Waals surface area contributed by atoms with E-state index in [0.29, 0.717) is 15.5 Å².